The topological polar surface area (TPSA) is 123 Å². The quantitative estimate of drug-likeness (QED) is 0.411. The van der Waals surface area contributed by atoms with E-state index in [2.05, 4.69) is 25.4 Å². The lowest BCUT2D eigenvalue weighted by Crippen LogP contribution is -2.16. The molecular weight excluding hydrogens is 442 g/mol. The number of nitrogens with zero attached hydrogens (tertiary/aromatic N) is 6. The van der Waals surface area contributed by atoms with E-state index in [9.17, 15) is 4.79 Å². The van der Waals surface area contributed by atoms with E-state index in [1.165, 1.54) is 17.6 Å². The third-order valence-corrected chi connectivity index (χ3v) is 6.44. The van der Waals surface area contributed by atoms with E-state index in [-0.39, 0.29) is 17.8 Å². The standard InChI is InChI=1S/C22H17N7O3S/c30-19(26-21-28-27-20(32-21)16-6-4-10-31-16)14-11-15(13-5-3-7-23-12-13)24-18-17(14)33-22(25-18)29-8-1-2-9-29/h3-7,10-12H,1-2,8-9H2,(H,26,28,30). The number of carbonyl (C=O) groups is 1. The highest BCUT2D eigenvalue weighted by atomic mass is 32.1. The van der Waals surface area contributed by atoms with Crippen LogP contribution in [0, 0.1) is 0 Å². The van der Waals surface area contributed by atoms with Crippen LogP contribution in [0.5, 0.6) is 0 Å². The zero-order chi connectivity index (χ0) is 22.2. The minimum Gasteiger partial charge on any atom is -0.459 e. The summed E-state index contributed by atoms with van der Waals surface area (Å²) in [6, 6.07) is 8.85. The molecule has 1 saturated heterocycles. The summed E-state index contributed by atoms with van der Waals surface area (Å²) in [7, 11) is 0. The number of rotatable bonds is 5. The average Bonchev–Trinajstić information content (AvgIpc) is 3.64. The van der Waals surface area contributed by atoms with Crippen molar-refractivity contribution in [1.82, 2.24) is 25.1 Å². The molecule has 0 spiro atoms. The smallest absolute Gasteiger partial charge is 0.322 e. The first kappa shape index (κ1) is 19.6. The van der Waals surface area contributed by atoms with E-state index in [1.807, 2.05) is 12.1 Å². The average molecular weight is 459 g/mol. The van der Waals surface area contributed by atoms with E-state index < -0.39 is 0 Å². The van der Waals surface area contributed by atoms with Crippen LogP contribution in [-0.4, -0.2) is 44.1 Å². The zero-order valence-corrected chi connectivity index (χ0v) is 18.1. The first-order chi connectivity index (χ1) is 16.2. The normalized spacial score (nSPS) is 13.6. The molecule has 1 aliphatic rings. The van der Waals surface area contributed by atoms with Crippen molar-refractivity contribution in [1.29, 1.82) is 0 Å². The van der Waals surface area contributed by atoms with Gasteiger partial charge in [-0.3, -0.25) is 15.1 Å². The minimum absolute atomic E-state index is 0.0245. The van der Waals surface area contributed by atoms with Gasteiger partial charge in [-0.05, 0) is 43.2 Å². The number of hydrogen-bond donors (Lipinski definition) is 1. The van der Waals surface area contributed by atoms with Crippen molar-refractivity contribution < 1.29 is 13.6 Å². The van der Waals surface area contributed by atoms with Crippen molar-refractivity contribution in [3.8, 4) is 22.9 Å². The van der Waals surface area contributed by atoms with Crippen LogP contribution < -0.4 is 10.2 Å². The number of anilines is 2. The third kappa shape index (κ3) is 3.72. The van der Waals surface area contributed by atoms with Gasteiger partial charge in [-0.1, -0.05) is 16.4 Å². The highest BCUT2D eigenvalue weighted by Gasteiger charge is 2.23. The van der Waals surface area contributed by atoms with Gasteiger partial charge >= 0.3 is 6.01 Å². The predicted molar refractivity (Wildman–Crippen MR) is 122 cm³/mol. The molecule has 164 valence electrons. The second-order valence-electron chi connectivity index (χ2n) is 7.48. The molecule has 0 aliphatic carbocycles. The molecule has 5 aromatic rings. The van der Waals surface area contributed by atoms with Crippen molar-refractivity contribution in [3.63, 3.8) is 0 Å². The summed E-state index contributed by atoms with van der Waals surface area (Å²) >= 11 is 1.46. The Balaban J connectivity index is 1.39. The number of amides is 1. The van der Waals surface area contributed by atoms with E-state index in [4.69, 9.17) is 18.8 Å². The molecule has 1 aliphatic heterocycles. The van der Waals surface area contributed by atoms with Gasteiger partial charge < -0.3 is 13.7 Å². The van der Waals surface area contributed by atoms with E-state index in [1.54, 1.807) is 30.6 Å². The summed E-state index contributed by atoms with van der Waals surface area (Å²) in [5.74, 6) is 0.213. The molecule has 1 amide bonds. The van der Waals surface area contributed by atoms with E-state index in [0.717, 1.165) is 36.6 Å². The highest BCUT2D eigenvalue weighted by molar-refractivity contribution is 7.22. The number of furan rings is 1. The van der Waals surface area contributed by atoms with Crippen molar-refractivity contribution in [2.45, 2.75) is 12.8 Å². The van der Waals surface area contributed by atoms with Gasteiger partial charge in [0.15, 0.2) is 16.5 Å². The van der Waals surface area contributed by atoms with Crippen LogP contribution in [0.25, 0.3) is 33.3 Å². The van der Waals surface area contributed by atoms with Gasteiger partial charge in [0.05, 0.1) is 22.2 Å². The largest absolute Gasteiger partial charge is 0.459 e. The Morgan fingerprint density at radius 3 is 2.82 bits per heavy atom. The van der Waals surface area contributed by atoms with Gasteiger partial charge in [-0.15, -0.1) is 5.10 Å². The second kappa shape index (κ2) is 8.10. The number of fused-ring (bicyclic) bond motifs is 1. The van der Waals surface area contributed by atoms with Crippen LogP contribution >= 0.6 is 11.3 Å². The van der Waals surface area contributed by atoms with Crippen LogP contribution in [0.1, 0.15) is 23.2 Å². The molecule has 0 radical (unpaired) electrons. The van der Waals surface area contributed by atoms with Crippen molar-refractivity contribution in [2.75, 3.05) is 23.3 Å². The lowest BCUT2D eigenvalue weighted by atomic mass is 10.1. The summed E-state index contributed by atoms with van der Waals surface area (Å²) in [5.41, 5.74) is 2.36. The molecule has 0 saturated carbocycles. The first-order valence-electron chi connectivity index (χ1n) is 10.4. The molecule has 5 aromatic heterocycles. The predicted octanol–water partition coefficient (Wildman–Crippen LogP) is 4.25. The monoisotopic (exact) mass is 459 g/mol. The Bertz CT molecular complexity index is 1420. The maximum Gasteiger partial charge on any atom is 0.322 e. The fourth-order valence-electron chi connectivity index (χ4n) is 3.71. The van der Waals surface area contributed by atoms with Crippen molar-refractivity contribution in [3.05, 3.63) is 54.6 Å². The molecule has 0 unspecified atom stereocenters. The number of nitrogens with one attached hydrogen (secondary N) is 1. The molecule has 10 nitrogen and oxygen atoms in total. The number of hydrogen-bond acceptors (Lipinski definition) is 10. The zero-order valence-electron chi connectivity index (χ0n) is 17.3. The Kier molecular flexibility index (Phi) is 4.80. The van der Waals surface area contributed by atoms with Gasteiger partial charge in [0.25, 0.3) is 11.8 Å². The molecule has 6 rings (SSSR count). The second-order valence-corrected chi connectivity index (χ2v) is 8.46. The molecule has 0 aromatic carbocycles. The molecule has 1 fully saturated rings. The maximum atomic E-state index is 13.3. The Morgan fingerprint density at radius 1 is 1.12 bits per heavy atom. The number of thiazole rings is 1. The molecule has 33 heavy (non-hydrogen) atoms. The molecule has 11 heteroatoms. The minimum atomic E-state index is -0.390. The SMILES string of the molecule is O=C(Nc1nnc(-c2ccco2)o1)c1cc(-c2cccnc2)nc2nc(N3CCCC3)sc12. The van der Waals surface area contributed by atoms with E-state index >= 15 is 0 Å². The number of aromatic nitrogens is 5. The summed E-state index contributed by atoms with van der Waals surface area (Å²) in [5, 5.41) is 11.4. The van der Waals surface area contributed by atoms with Gasteiger partial charge in [0, 0.05) is 31.0 Å². The van der Waals surface area contributed by atoms with E-state index in [0.29, 0.717) is 27.4 Å². The van der Waals surface area contributed by atoms with Crippen LogP contribution in [0.4, 0.5) is 11.1 Å². The maximum absolute atomic E-state index is 13.3. The van der Waals surface area contributed by atoms with Gasteiger partial charge in [-0.25, -0.2) is 4.98 Å². The molecule has 1 N–H and O–H groups in total. The lowest BCUT2D eigenvalue weighted by Gasteiger charge is -2.11. The Hall–Kier alpha value is -4.12. The fourth-order valence-corrected chi connectivity index (χ4v) is 4.78. The highest BCUT2D eigenvalue weighted by Crippen LogP contribution is 2.34. The number of carbonyl (C=O) groups excluding carboxylic acids is 1. The summed E-state index contributed by atoms with van der Waals surface area (Å²) in [4.78, 5) is 29.1. The van der Waals surface area contributed by atoms with Crippen molar-refractivity contribution >= 4 is 38.7 Å². The Labute approximate surface area is 191 Å². The Morgan fingerprint density at radius 2 is 2.03 bits per heavy atom. The lowest BCUT2D eigenvalue weighted by molar-refractivity contribution is 0.102. The number of pyridine rings is 2. The molecular formula is C22H17N7O3S. The van der Waals surface area contributed by atoms with Crippen LogP contribution in [0.3, 0.4) is 0 Å². The van der Waals surface area contributed by atoms with Crippen molar-refractivity contribution in [2.24, 2.45) is 0 Å². The van der Waals surface area contributed by atoms with Gasteiger partial charge in [0.1, 0.15) is 0 Å². The molecule has 6 heterocycles. The molecule has 0 atom stereocenters. The van der Waals surface area contributed by atoms with Gasteiger partial charge in [-0.2, -0.15) is 4.98 Å². The van der Waals surface area contributed by atoms with Crippen LogP contribution in [-0.2, 0) is 0 Å². The summed E-state index contributed by atoms with van der Waals surface area (Å²) in [6.07, 6.45) is 7.17. The van der Waals surface area contributed by atoms with Crippen LogP contribution in [0.15, 0.2) is 57.8 Å². The third-order valence-electron chi connectivity index (χ3n) is 5.31. The first-order valence-corrected chi connectivity index (χ1v) is 11.2. The molecule has 0 bridgehead atoms. The summed E-state index contributed by atoms with van der Waals surface area (Å²) < 4.78 is 11.5. The van der Waals surface area contributed by atoms with Crippen LogP contribution in [0.2, 0.25) is 0 Å². The van der Waals surface area contributed by atoms with Gasteiger partial charge in [0.2, 0.25) is 0 Å². The summed E-state index contributed by atoms with van der Waals surface area (Å²) in [6.45, 7) is 1.91. The fraction of sp³-hybridized carbons (Fsp3) is 0.182.